The second kappa shape index (κ2) is 4.39. The predicted octanol–water partition coefficient (Wildman–Crippen LogP) is 2.10. The molecule has 3 heteroatoms. The van der Waals surface area contributed by atoms with Gasteiger partial charge >= 0.3 is 0 Å². The molecule has 0 unspecified atom stereocenters. The summed E-state index contributed by atoms with van der Waals surface area (Å²) >= 11 is 0. The predicted molar refractivity (Wildman–Crippen MR) is 71.2 cm³/mol. The third-order valence-corrected chi connectivity index (χ3v) is 4.44. The first-order chi connectivity index (χ1) is 8.73. The molecule has 2 saturated heterocycles. The van der Waals surface area contributed by atoms with Crippen LogP contribution in [0.4, 0.5) is 0 Å². The van der Waals surface area contributed by atoms with Crippen molar-refractivity contribution in [2.45, 2.75) is 37.8 Å². The lowest BCUT2D eigenvalue weighted by Gasteiger charge is -2.28. The molecule has 1 N–H and O–H groups in total. The van der Waals surface area contributed by atoms with E-state index in [2.05, 4.69) is 24.4 Å². The van der Waals surface area contributed by atoms with Gasteiger partial charge in [0.25, 0.3) is 0 Å². The molecular weight excluding hydrogens is 224 g/mol. The van der Waals surface area contributed by atoms with Gasteiger partial charge in [0, 0.05) is 6.54 Å². The Morgan fingerprint density at radius 3 is 2.72 bits per heavy atom. The molecule has 1 aromatic carbocycles. The number of hydrogen-bond acceptors (Lipinski definition) is 2. The highest BCUT2D eigenvalue weighted by Crippen LogP contribution is 2.35. The molecule has 1 aromatic rings. The Balaban J connectivity index is 1.80. The van der Waals surface area contributed by atoms with Gasteiger partial charge in [0.15, 0.2) is 0 Å². The first-order valence-corrected chi connectivity index (χ1v) is 6.84. The van der Waals surface area contributed by atoms with E-state index in [4.69, 9.17) is 0 Å². The summed E-state index contributed by atoms with van der Waals surface area (Å²) in [5.74, 6) is 0.302. The van der Waals surface area contributed by atoms with E-state index in [0.29, 0.717) is 5.91 Å². The Morgan fingerprint density at radius 1 is 1.28 bits per heavy atom. The van der Waals surface area contributed by atoms with Crippen LogP contribution in [0.25, 0.3) is 0 Å². The van der Waals surface area contributed by atoms with Crippen LogP contribution in [0.15, 0.2) is 30.3 Å². The van der Waals surface area contributed by atoms with Crippen molar-refractivity contribution < 1.29 is 4.79 Å². The van der Waals surface area contributed by atoms with Gasteiger partial charge in [-0.3, -0.25) is 4.79 Å². The number of hydrogen-bond donors (Lipinski definition) is 1. The summed E-state index contributed by atoms with van der Waals surface area (Å²) in [5, 5.41) is 3.43. The first-order valence-electron chi connectivity index (χ1n) is 6.84. The zero-order valence-electron chi connectivity index (χ0n) is 10.9. The Bertz CT molecular complexity index is 437. The van der Waals surface area contributed by atoms with E-state index < -0.39 is 0 Å². The van der Waals surface area contributed by atoms with Crippen molar-refractivity contribution in [1.29, 1.82) is 0 Å². The maximum absolute atomic E-state index is 12.6. The highest BCUT2D eigenvalue weighted by Gasteiger charge is 2.49. The van der Waals surface area contributed by atoms with Crippen molar-refractivity contribution in [3.8, 4) is 0 Å². The standard InChI is InChI=1S/C15H20N2O/c1-12(13-6-3-2-4-7-13)17-11-9-15(14(17)18)8-5-10-16-15/h2-4,6-7,12,16H,5,8-11H2,1H3/t12-,15+/m0/s1. The van der Waals surface area contributed by atoms with E-state index in [1.54, 1.807) is 0 Å². The number of rotatable bonds is 2. The van der Waals surface area contributed by atoms with Gasteiger partial charge in [0.1, 0.15) is 0 Å². The largest absolute Gasteiger partial charge is 0.334 e. The van der Waals surface area contributed by atoms with Crippen molar-refractivity contribution in [3.05, 3.63) is 35.9 Å². The Morgan fingerprint density at radius 2 is 2.06 bits per heavy atom. The molecule has 0 radical (unpaired) electrons. The van der Waals surface area contributed by atoms with Crippen LogP contribution in [0, 0.1) is 0 Å². The number of nitrogens with one attached hydrogen (secondary N) is 1. The van der Waals surface area contributed by atoms with Gasteiger partial charge in [-0.25, -0.2) is 0 Å². The Kier molecular flexibility index (Phi) is 2.86. The maximum atomic E-state index is 12.6. The van der Waals surface area contributed by atoms with E-state index in [9.17, 15) is 4.79 Å². The van der Waals surface area contributed by atoms with Gasteiger partial charge < -0.3 is 10.2 Å². The lowest BCUT2D eigenvalue weighted by Crippen LogP contribution is -2.47. The molecule has 0 aliphatic carbocycles. The van der Waals surface area contributed by atoms with Gasteiger partial charge in [0.05, 0.1) is 11.6 Å². The van der Waals surface area contributed by atoms with Crippen molar-refractivity contribution in [2.24, 2.45) is 0 Å². The van der Waals surface area contributed by atoms with Gasteiger partial charge in [-0.2, -0.15) is 0 Å². The summed E-state index contributed by atoms with van der Waals surface area (Å²) in [5.41, 5.74) is 0.990. The average Bonchev–Trinajstić information content (AvgIpc) is 3.01. The molecule has 2 fully saturated rings. The van der Waals surface area contributed by atoms with Crippen LogP contribution in [-0.4, -0.2) is 29.4 Å². The summed E-state index contributed by atoms with van der Waals surface area (Å²) in [6.07, 6.45) is 3.09. The molecule has 0 aromatic heterocycles. The molecule has 0 saturated carbocycles. The molecule has 3 nitrogen and oxygen atoms in total. The third-order valence-electron chi connectivity index (χ3n) is 4.44. The van der Waals surface area contributed by atoms with E-state index in [-0.39, 0.29) is 11.6 Å². The van der Waals surface area contributed by atoms with Gasteiger partial charge in [0.2, 0.25) is 5.91 Å². The summed E-state index contributed by atoms with van der Waals surface area (Å²) in [4.78, 5) is 14.6. The number of nitrogens with zero attached hydrogens (tertiary/aromatic N) is 1. The fourth-order valence-electron chi connectivity index (χ4n) is 3.28. The lowest BCUT2D eigenvalue weighted by molar-refractivity contribution is -0.134. The van der Waals surface area contributed by atoms with Crippen LogP contribution >= 0.6 is 0 Å². The molecule has 2 heterocycles. The molecule has 1 amide bonds. The smallest absolute Gasteiger partial charge is 0.243 e. The van der Waals surface area contributed by atoms with Crippen LogP contribution in [0.3, 0.4) is 0 Å². The molecule has 1 spiro atoms. The highest BCUT2D eigenvalue weighted by molar-refractivity contribution is 5.89. The minimum Gasteiger partial charge on any atom is -0.334 e. The quantitative estimate of drug-likeness (QED) is 0.864. The molecule has 2 atom stereocenters. The van der Waals surface area contributed by atoms with Crippen LogP contribution in [0.1, 0.15) is 37.8 Å². The molecule has 2 aliphatic rings. The second-order valence-corrected chi connectivity index (χ2v) is 5.45. The highest BCUT2D eigenvalue weighted by atomic mass is 16.2. The van der Waals surface area contributed by atoms with Crippen molar-refractivity contribution in [3.63, 3.8) is 0 Å². The maximum Gasteiger partial charge on any atom is 0.243 e. The SMILES string of the molecule is C[C@@H](c1ccccc1)N1CC[C@]2(CCCN2)C1=O. The van der Waals surface area contributed by atoms with Crippen LogP contribution in [0.5, 0.6) is 0 Å². The summed E-state index contributed by atoms with van der Waals surface area (Å²) in [6.45, 7) is 3.99. The van der Waals surface area contributed by atoms with Crippen LogP contribution in [-0.2, 0) is 4.79 Å². The summed E-state index contributed by atoms with van der Waals surface area (Å²) in [7, 11) is 0. The summed E-state index contributed by atoms with van der Waals surface area (Å²) < 4.78 is 0. The molecule has 2 aliphatic heterocycles. The van der Waals surface area contributed by atoms with Crippen LogP contribution in [0.2, 0.25) is 0 Å². The zero-order valence-corrected chi connectivity index (χ0v) is 10.9. The number of amides is 1. The first kappa shape index (κ1) is 11.7. The monoisotopic (exact) mass is 244 g/mol. The van der Waals surface area contributed by atoms with Crippen molar-refractivity contribution in [2.75, 3.05) is 13.1 Å². The van der Waals surface area contributed by atoms with Gasteiger partial charge in [-0.05, 0) is 38.3 Å². The second-order valence-electron chi connectivity index (χ2n) is 5.45. The van der Waals surface area contributed by atoms with Gasteiger partial charge in [-0.1, -0.05) is 30.3 Å². The topological polar surface area (TPSA) is 32.3 Å². The summed E-state index contributed by atoms with van der Waals surface area (Å²) in [6, 6.07) is 10.5. The van der Waals surface area contributed by atoms with Crippen LogP contribution < -0.4 is 5.32 Å². The molecule has 0 bridgehead atoms. The fourth-order valence-corrected chi connectivity index (χ4v) is 3.28. The number of benzene rings is 1. The number of carbonyl (C=O) groups excluding carboxylic acids is 1. The number of likely N-dealkylation sites (tertiary alicyclic amines) is 1. The normalized spacial score (nSPS) is 29.2. The van der Waals surface area contributed by atoms with E-state index >= 15 is 0 Å². The van der Waals surface area contributed by atoms with E-state index in [1.165, 1.54) is 5.56 Å². The third kappa shape index (κ3) is 1.74. The van der Waals surface area contributed by atoms with Crippen molar-refractivity contribution >= 4 is 5.91 Å². The Hall–Kier alpha value is -1.35. The average molecular weight is 244 g/mol. The van der Waals surface area contributed by atoms with E-state index in [0.717, 1.165) is 32.4 Å². The minimum absolute atomic E-state index is 0.181. The molecule has 96 valence electrons. The Labute approximate surface area is 108 Å². The molecular formula is C15H20N2O. The molecule has 18 heavy (non-hydrogen) atoms. The zero-order chi connectivity index (χ0) is 12.6. The lowest BCUT2D eigenvalue weighted by atomic mass is 9.96. The molecule has 3 rings (SSSR count). The minimum atomic E-state index is -0.233. The van der Waals surface area contributed by atoms with Crippen molar-refractivity contribution in [1.82, 2.24) is 10.2 Å². The fraction of sp³-hybridized carbons (Fsp3) is 0.533. The van der Waals surface area contributed by atoms with Gasteiger partial charge in [-0.15, -0.1) is 0 Å². The van der Waals surface area contributed by atoms with E-state index in [1.807, 2.05) is 23.1 Å². The number of carbonyl (C=O) groups is 1.